The largest absolute Gasteiger partial charge is 0.383 e. The minimum atomic E-state index is -3.70. The Balaban J connectivity index is 2.05. The Bertz CT molecular complexity index is 933. The van der Waals surface area contributed by atoms with Crippen LogP contribution in [0.2, 0.25) is 5.02 Å². The molecule has 3 rings (SSSR count). The van der Waals surface area contributed by atoms with Gasteiger partial charge in [-0.1, -0.05) is 42.8 Å². The molecule has 2 aromatic rings. The normalized spacial score (nSPS) is 24.8. The quantitative estimate of drug-likeness (QED) is 0.748. The molecule has 3 atom stereocenters. The molecule has 136 valence electrons. The van der Waals surface area contributed by atoms with Gasteiger partial charge in [0.2, 0.25) is 0 Å². The molecule has 4 nitrogen and oxygen atoms in total. The van der Waals surface area contributed by atoms with Crippen LogP contribution in [-0.2, 0) is 21.0 Å². The summed E-state index contributed by atoms with van der Waals surface area (Å²) in [5.74, 6) is -0.418. The van der Waals surface area contributed by atoms with Crippen molar-refractivity contribution >= 4 is 21.4 Å². The number of methoxy groups -OCH3 is 1. The first-order valence-electron chi connectivity index (χ1n) is 8.39. The molecule has 0 aromatic heterocycles. The van der Waals surface area contributed by atoms with Crippen LogP contribution in [0, 0.1) is 16.7 Å². The highest BCUT2D eigenvalue weighted by Gasteiger charge is 2.72. The lowest BCUT2D eigenvalue weighted by molar-refractivity contribution is 0.162. The third-order valence-electron chi connectivity index (χ3n) is 5.07. The maximum Gasteiger partial charge on any atom is 0.183 e. The molecule has 0 saturated heterocycles. The summed E-state index contributed by atoms with van der Waals surface area (Å²) in [4.78, 5) is 0.176. The molecule has 6 heteroatoms. The van der Waals surface area contributed by atoms with Crippen LogP contribution < -0.4 is 0 Å². The van der Waals surface area contributed by atoms with Crippen molar-refractivity contribution < 1.29 is 13.2 Å². The van der Waals surface area contributed by atoms with Gasteiger partial charge in [-0.15, -0.1) is 0 Å². The van der Waals surface area contributed by atoms with E-state index in [1.807, 2.05) is 24.3 Å². The summed E-state index contributed by atoms with van der Waals surface area (Å²) in [6, 6.07) is 16.1. The van der Waals surface area contributed by atoms with Gasteiger partial charge in [0.1, 0.15) is 5.41 Å². The molecule has 1 fully saturated rings. The molecule has 2 aromatic carbocycles. The van der Waals surface area contributed by atoms with Crippen LogP contribution in [0.3, 0.4) is 0 Å². The van der Waals surface area contributed by atoms with Crippen LogP contribution in [0.25, 0.3) is 0 Å². The summed E-state index contributed by atoms with van der Waals surface area (Å²) >= 11 is 5.88. The fourth-order valence-electron chi connectivity index (χ4n) is 3.64. The summed E-state index contributed by atoms with van der Waals surface area (Å²) in [5, 5.41) is 9.46. The van der Waals surface area contributed by atoms with Crippen LogP contribution in [0.4, 0.5) is 0 Å². The zero-order valence-electron chi connectivity index (χ0n) is 14.6. The molecule has 1 aliphatic carbocycles. The molecular formula is C20H20ClNO3S. The maximum absolute atomic E-state index is 13.2. The van der Waals surface area contributed by atoms with E-state index >= 15 is 0 Å². The van der Waals surface area contributed by atoms with Gasteiger partial charge < -0.3 is 4.74 Å². The van der Waals surface area contributed by atoms with Crippen LogP contribution in [0.5, 0.6) is 0 Å². The number of rotatable bonds is 6. The molecule has 0 aliphatic heterocycles. The van der Waals surface area contributed by atoms with Crippen molar-refractivity contribution in [3.63, 3.8) is 0 Å². The van der Waals surface area contributed by atoms with E-state index in [2.05, 4.69) is 13.0 Å². The Morgan fingerprint density at radius 1 is 1.15 bits per heavy atom. The van der Waals surface area contributed by atoms with Gasteiger partial charge in [0.05, 0.1) is 22.8 Å². The summed E-state index contributed by atoms with van der Waals surface area (Å²) in [7, 11) is -2.21. The predicted molar refractivity (Wildman–Crippen MR) is 101 cm³/mol. The van der Waals surface area contributed by atoms with Crippen LogP contribution >= 0.6 is 11.6 Å². The van der Waals surface area contributed by atoms with Crippen molar-refractivity contribution in [1.29, 1.82) is 5.26 Å². The molecule has 0 heterocycles. The SMILES string of the molecule is CCc1ccc([C@@H]2[C@@H](S(=O)(=O)c3ccc(Cl)cc3)[C@]2(C#N)COC)cc1. The number of hydrogen-bond acceptors (Lipinski definition) is 4. The van der Waals surface area contributed by atoms with Crippen molar-refractivity contribution in [3.05, 3.63) is 64.7 Å². The maximum atomic E-state index is 13.2. The minimum Gasteiger partial charge on any atom is -0.383 e. The number of aryl methyl sites for hydroxylation is 1. The van der Waals surface area contributed by atoms with Crippen LogP contribution in [0.1, 0.15) is 24.0 Å². The Labute approximate surface area is 159 Å². The van der Waals surface area contributed by atoms with Gasteiger partial charge in [-0.05, 0) is 41.8 Å². The first kappa shape index (κ1) is 18.9. The van der Waals surface area contributed by atoms with Crippen molar-refractivity contribution in [1.82, 2.24) is 0 Å². The Morgan fingerprint density at radius 2 is 1.77 bits per heavy atom. The van der Waals surface area contributed by atoms with Crippen molar-refractivity contribution in [2.24, 2.45) is 5.41 Å². The standard InChI is InChI=1S/C20H20ClNO3S/c1-3-14-4-6-15(7-5-14)18-19(20(18,12-22)13-25-2)26(23,24)17-10-8-16(21)9-11-17/h4-11,18-19H,3,13H2,1-2H3/t18-,19-,20-/m1/s1. The molecule has 0 bridgehead atoms. The number of benzene rings is 2. The first-order chi connectivity index (χ1) is 12.4. The van der Waals surface area contributed by atoms with E-state index in [0.29, 0.717) is 5.02 Å². The average Bonchev–Trinajstić information content (AvgIpc) is 3.32. The Kier molecular flexibility index (Phi) is 5.12. The van der Waals surface area contributed by atoms with Gasteiger partial charge in [-0.25, -0.2) is 8.42 Å². The summed E-state index contributed by atoms with van der Waals surface area (Å²) in [5.41, 5.74) is 0.935. The Morgan fingerprint density at radius 3 is 2.27 bits per heavy atom. The molecule has 1 aliphatic rings. The highest BCUT2D eigenvalue weighted by Crippen LogP contribution is 2.63. The molecule has 0 unspecified atom stereocenters. The van der Waals surface area contributed by atoms with E-state index in [-0.39, 0.29) is 11.5 Å². The molecule has 0 N–H and O–H groups in total. The number of hydrogen-bond donors (Lipinski definition) is 0. The zero-order valence-corrected chi connectivity index (χ0v) is 16.2. The molecule has 26 heavy (non-hydrogen) atoms. The number of halogens is 1. The smallest absolute Gasteiger partial charge is 0.183 e. The lowest BCUT2D eigenvalue weighted by Gasteiger charge is -2.08. The third-order valence-corrected chi connectivity index (χ3v) is 7.61. The van der Waals surface area contributed by atoms with Gasteiger partial charge in [-0.3, -0.25) is 0 Å². The molecule has 0 amide bonds. The number of nitriles is 1. The Hall–Kier alpha value is -1.87. The summed E-state index contributed by atoms with van der Waals surface area (Å²) in [6.45, 7) is 2.13. The third kappa shape index (κ3) is 3.03. The van der Waals surface area contributed by atoms with Crippen LogP contribution in [0.15, 0.2) is 53.4 Å². The fraction of sp³-hybridized carbons (Fsp3) is 0.350. The molecule has 1 saturated carbocycles. The van der Waals surface area contributed by atoms with Crippen LogP contribution in [-0.4, -0.2) is 27.4 Å². The second-order valence-electron chi connectivity index (χ2n) is 6.58. The zero-order chi connectivity index (χ0) is 18.9. The van der Waals surface area contributed by atoms with Gasteiger partial charge in [0.15, 0.2) is 9.84 Å². The predicted octanol–water partition coefficient (Wildman–Crippen LogP) is 4.00. The summed E-state index contributed by atoms with van der Waals surface area (Å²) in [6.07, 6.45) is 0.902. The lowest BCUT2D eigenvalue weighted by atomic mass is 10.00. The number of sulfone groups is 1. The summed E-state index contributed by atoms with van der Waals surface area (Å²) < 4.78 is 31.7. The van der Waals surface area contributed by atoms with E-state index in [9.17, 15) is 13.7 Å². The van der Waals surface area contributed by atoms with Gasteiger partial charge in [-0.2, -0.15) is 5.26 Å². The van der Waals surface area contributed by atoms with E-state index in [0.717, 1.165) is 12.0 Å². The average molecular weight is 390 g/mol. The number of nitrogens with zero attached hydrogens (tertiary/aromatic N) is 1. The molecule has 0 spiro atoms. The van der Waals surface area contributed by atoms with Gasteiger partial charge in [0.25, 0.3) is 0 Å². The topological polar surface area (TPSA) is 67.2 Å². The highest BCUT2D eigenvalue weighted by molar-refractivity contribution is 7.92. The van der Waals surface area contributed by atoms with Gasteiger partial charge in [0, 0.05) is 18.1 Å². The first-order valence-corrected chi connectivity index (χ1v) is 10.3. The highest BCUT2D eigenvalue weighted by atomic mass is 35.5. The number of ether oxygens (including phenoxy) is 1. The van der Waals surface area contributed by atoms with E-state index in [4.69, 9.17) is 16.3 Å². The van der Waals surface area contributed by atoms with Crippen molar-refractivity contribution in [3.8, 4) is 6.07 Å². The lowest BCUT2D eigenvalue weighted by Crippen LogP contribution is -2.19. The van der Waals surface area contributed by atoms with E-state index < -0.39 is 26.4 Å². The van der Waals surface area contributed by atoms with Gasteiger partial charge >= 0.3 is 0 Å². The van der Waals surface area contributed by atoms with Crippen molar-refractivity contribution in [2.75, 3.05) is 13.7 Å². The van der Waals surface area contributed by atoms with E-state index in [1.165, 1.54) is 24.8 Å². The van der Waals surface area contributed by atoms with Crippen molar-refractivity contribution in [2.45, 2.75) is 29.4 Å². The monoisotopic (exact) mass is 389 g/mol. The molecular weight excluding hydrogens is 370 g/mol. The molecule has 0 radical (unpaired) electrons. The second kappa shape index (κ2) is 7.03. The minimum absolute atomic E-state index is 0.0706. The van der Waals surface area contributed by atoms with E-state index in [1.54, 1.807) is 12.1 Å². The fourth-order valence-corrected chi connectivity index (χ4v) is 6.08. The second-order valence-corrected chi connectivity index (χ2v) is 9.08.